The maximum absolute atomic E-state index is 11.2. The van der Waals surface area contributed by atoms with E-state index in [0.717, 1.165) is 25.0 Å². The fourth-order valence-corrected chi connectivity index (χ4v) is 5.81. The minimum absolute atomic E-state index is 0.0378. The zero-order chi connectivity index (χ0) is 43.6. The van der Waals surface area contributed by atoms with Gasteiger partial charge in [-0.2, -0.15) is 0 Å². The van der Waals surface area contributed by atoms with Gasteiger partial charge in [0.15, 0.2) is 5.76 Å². The molecule has 0 aromatic heterocycles. The van der Waals surface area contributed by atoms with Gasteiger partial charge in [-0.3, -0.25) is 4.79 Å². The Bertz CT molecular complexity index is 1610. The number of ether oxygens (including phenoxy) is 3. The summed E-state index contributed by atoms with van der Waals surface area (Å²) in [5, 5.41) is 3.03. The molecule has 3 aromatic carbocycles. The van der Waals surface area contributed by atoms with Gasteiger partial charge < -0.3 is 30.2 Å². The molecule has 0 saturated heterocycles. The molecule has 7 heteroatoms. The molecule has 0 saturated carbocycles. The highest BCUT2D eigenvalue weighted by Crippen LogP contribution is 2.27. The zero-order valence-electron chi connectivity index (χ0n) is 38.6. The van der Waals surface area contributed by atoms with Crippen LogP contribution < -0.4 is 11.1 Å². The van der Waals surface area contributed by atoms with Crippen LogP contribution in [-0.2, 0) is 38.3 Å². The van der Waals surface area contributed by atoms with Crippen LogP contribution in [-0.4, -0.2) is 55.2 Å². The van der Waals surface area contributed by atoms with Gasteiger partial charge in [-0.05, 0) is 101 Å². The highest BCUT2D eigenvalue weighted by Gasteiger charge is 2.27. The maximum atomic E-state index is 11.2. The molecule has 57 heavy (non-hydrogen) atoms. The molecular weight excluding hydrogens is 707 g/mol. The molecule has 3 unspecified atom stereocenters. The molecule has 318 valence electrons. The van der Waals surface area contributed by atoms with Gasteiger partial charge in [0.05, 0.1) is 5.60 Å². The fraction of sp³-hybridized carbons (Fsp3) is 0.540. The number of likely N-dealkylation sites (N-methyl/N-ethyl adjacent to an activating group) is 1. The van der Waals surface area contributed by atoms with E-state index >= 15 is 0 Å². The smallest absolute Gasteiger partial charge is 0.282 e. The number of hydrogen-bond donors (Lipinski definition) is 2. The summed E-state index contributed by atoms with van der Waals surface area (Å²) >= 11 is 0. The molecule has 0 fully saturated rings. The second-order valence-electron chi connectivity index (χ2n) is 19.5. The molecule has 3 atom stereocenters. The van der Waals surface area contributed by atoms with E-state index in [1.165, 1.54) is 16.7 Å². The van der Waals surface area contributed by atoms with Crippen molar-refractivity contribution in [2.24, 2.45) is 22.0 Å². The number of benzene rings is 3. The van der Waals surface area contributed by atoms with E-state index in [1.807, 2.05) is 52.0 Å². The van der Waals surface area contributed by atoms with Crippen molar-refractivity contribution < 1.29 is 19.0 Å². The van der Waals surface area contributed by atoms with E-state index in [4.69, 9.17) is 19.9 Å². The Morgan fingerprint density at radius 2 is 1.11 bits per heavy atom. The van der Waals surface area contributed by atoms with E-state index in [9.17, 15) is 4.79 Å². The molecule has 1 amide bonds. The molecular formula is C50H79N3O4. The van der Waals surface area contributed by atoms with Crippen LogP contribution in [0.4, 0.5) is 0 Å². The quantitative estimate of drug-likeness (QED) is 0.213. The van der Waals surface area contributed by atoms with E-state index in [2.05, 4.69) is 160 Å². The fourth-order valence-electron chi connectivity index (χ4n) is 5.81. The molecule has 0 bridgehead atoms. The van der Waals surface area contributed by atoms with Gasteiger partial charge in [0.1, 0.15) is 12.4 Å². The third-order valence-corrected chi connectivity index (χ3v) is 9.54. The van der Waals surface area contributed by atoms with Crippen LogP contribution in [0, 0.1) is 16.2 Å². The van der Waals surface area contributed by atoms with Crippen LogP contribution in [0.25, 0.3) is 0 Å². The van der Waals surface area contributed by atoms with Crippen LogP contribution in [0.1, 0.15) is 114 Å². The third-order valence-electron chi connectivity index (χ3n) is 9.54. The molecule has 1 aliphatic heterocycles. The summed E-state index contributed by atoms with van der Waals surface area (Å²) in [6.45, 7) is 33.3. The average molecular weight is 786 g/mol. The minimum atomic E-state index is -0.166. The van der Waals surface area contributed by atoms with Crippen LogP contribution in [0.15, 0.2) is 115 Å². The first-order chi connectivity index (χ1) is 26.2. The van der Waals surface area contributed by atoms with Gasteiger partial charge in [0, 0.05) is 25.0 Å². The number of amides is 1. The molecule has 0 radical (unpaired) electrons. The summed E-state index contributed by atoms with van der Waals surface area (Å²) in [4.78, 5) is 13.5. The van der Waals surface area contributed by atoms with Crippen molar-refractivity contribution in [1.29, 1.82) is 0 Å². The summed E-state index contributed by atoms with van der Waals surface area (Å²) < 4.78 is 15.9. The van der Waals surface area contributed by atoms with Crippen molar-refractivity contribution in [1.82, 2.24) is 10.2 Å². The first-order valence-electron chi connectivity index (χ1n) is 20.4. The van der Waals surface area contributed by atoms with Gasteiger partial charge in [0.25, 0.3) is 5.95 Å². The largest absolute Gasteiger partial charge is 0.428 e. The Hall–Kier alpha value is -3.91. The predicted molar refractivity (Wildman–Crippen MR) is 242 cm³/mol. The Morgan fingerprint density at radius 1 is 0.684 bits per heavy atom. The van der Waals surface area contributed by atoms with Crippen molar-refractivity contribution in [2.75, 3.05) is 20.7 Å². The van der Waals surface area contributed by atoms with Gasteiger partial charge in [0.2, 0.25) is 5.91 Å². The molecule has 4 rings (SSSR count). The van der Waals surface area contributed by atoms with Gasteiger partial charge >= 0.3 is 0 Å². The normalized spacial score (nSPS) is 14.7. The number of nitrogens with one attached hydrogen (secondary N) is 1. The number of nitrogens with zero attached hydrogens (tertiary/aromatic N) is 1. The van der Waals surface area contributed by atoms with Crippen LogP contribution in [0.2, 0.25) is 0 Å². The zero-order valence-corrected chi connectivity index (χ0v) is 38.6. The van der Waals surface area contributed by atoms with E-state index in [1.54, 1.807) is 6.92 Å². The molecule has 7 nitrogen and oxygen atoms in total. The van der Waals surface area contributed by atoms with Crippen LogP contribution in [0.5, 0.6) is 0 Å². The summed E-state index contributed by atoms with van der Waals surface area (Å²) in [5.74, 6) is 1.80. The second kappa shape index (κ2) is 23.5. The second-order valence-corrected chi connectivity index (χ2v) is 19.5. The Kier molecular flexibility index (Phi) is 21.1. The first-order valence-corrected chi connectivity index (χ1v) is 20.4. The minimum Gasteiger partial charge on any atom is -0.428 e. The summed E-state index contributed by atoms with van der Waals surface area (Å²) in [6, 6.07) is 32.4. The standard InChI is InChI=1S/C14H21NO.C14H23N.C12H19N.C10H16O3/c1-11(16)15-13(14(2,3)4)10-12-8-6-5-7-9-12;1-14(2,3)13(15(4)5)11-12-9-7-6-8-10-12;1-12(2,3)11(13)9-10-7-5-4-6-8-10;1-7-9(13-8(2)12-7)6-11-10(3,4)5/h5-9,13H,10H2,1-4H3,(H,15,16);6-10,13H,11H2,1-5H3;4-8,11H,9,13H2,1-3H3;2,6H2,1,3-5H3. The molecule has 1 aliphatic rings. The monoisotopic (exact) mass is 786 g/mol. The summed E-state index contributed by atoms with van der Waals surface area (Å²) in [5.41, 5.74) is 10.5. The highest BCUT2D eigenvalue weighted by molar-refractivity contribution is 5.73. The number of allylic oxidation sites excluding steroid dienone is 1. The maximum Gasteiger partial charge on any atom is 0.282 e. The number of rotatable bonds is 10. The van der Waals surface area contributed by atoms with Crippen molar-refractivity contribution in [2.45, 2.75) is 140 Å². The Labute approximate surface area is 348 Å². The van der Waals surface area contributed by atoms with Crippen LogP contribution >= 0.6 is 0 Å². The number of carbonyl (C=O) groups is 1. The Morgan fingerprint density at radius 3 is 1.42 bits per heavy atom. The first kappa shape index (κ1) is 51.1. The van der Waals surface area contributed by atoms with Crippen molar-refractivity contribution >= 4 is 5.91 Å². The van der Waals surface area contributed by atoms with Gasteiger partial charge in [-0.25, -0.2) is 0 Å². The van der Waals surface area contributed by atoms with Crippen LogP contribution in [0.3, 0.4) is 0 Å². The van der Waals surface area contributed by atoms with Gasteiger partial charge in [-0.15, -0.1) is 0 Å². The molecule has 1 heterocycles. The molecule has 3 N–H and O–H groups in total. The predicted octanol–water partition coefficient (Wildman–Crippen LogP) is 11.1. The Balaban J connectivity index is 0.000000381. The summed E-state index contributed by atoms with van der Waals surface area (Å²) in [7, 11) is 4.33. The van der Waals surface area contributed by atoms with E-state index in [-0.39, 0.29) is 34.4 Å². The third kappa shape index (κ3) is 22.6. The number of carbonyl (C=O) groups excluding carboxylic acids is 1. The van der Waals surface area contributed by atoms with E-state index in [0.29, 0.717) is 29.8 Å². The lowest BCUT2D eigenvalue weighted by molar-refractivity contribution is -0.120. The highest BCUT2D eigenvalue weighted by atomic mass is 16.7. The summed E-state index contributed by atoms with van der Waals surface area (Å²) in [6.07, 6.45) is 2.96. The molecule has 3 aromatic rings. The van der Waals surface area contributed by atoms with Crippen molar-refractivity contribution in [3.05, 3.63) is 132 Å². The topological polar surface area (TPSA) is 86.0 Å². The number of hydrogen-bond acceptors (Lipinski definition) is 6. The molecule has 0 spiro atoms. The number of nitrogens with two attached hydrogens (primary N) is 1. The van der Waals surface area contributed by atoms with Gasteiger partial charge in [-0.1, -0.05) is 153 Å². The molecule has 0 aliphatic carbocycles. The lowest BCUT2D eigenvalue weighted by Crippen LogP contribution is -2.44. The lowest BCUT2D eigenvalue weighted by atomic mass is 9.82. The lowest BCUT2D eigenvalue weighted by Gasteiger charge is -2.36. The van der Waals surface area contributed by atoms with Crippen molar-refractivity contribution in [3.8, 4) is 0 Å². The average Bonchev–Trinajstić information content (AvgIpc) is 3.42. The SMILES string of the molecule is C=C1OC(C)=C(COC(C)(C)C)O1.CC(=O)NC(Cc1ccccc1)C(C)(C)C.CC(C)(C)C(N)Cc1ccccc1.CN(C)C(Cc1ccccc1)C(C)(C)C. The van der Waals surface area contributed by atoms with E-state index < -0.39 is 0 Å². The van der Waals surface area contributed by atoms with Crippen molar-refractivity contribution in [3.63, 3.8) is 0 Å².